The predicted octanol–water partition coefficient (Wildman–Crippen LogP) is 4.48. The van der Waals surface area contributed by atoms with Crippen molar-refractivity contribution in [2.75, 3.05) is 26.6 Å². The molecule has 1 amide bonds. The lowest BCUT2D eigenvalue weighted by molar-refractivity contribution is 0.102. The molecule has 0 aliphatic heterocycles. The van der Waals surface area contributed by atoms with Crippen LogP contribution in [0.5, 0.6) is 17.2 Å². The lowest BCUT2D eigenvalue weighted by atomic mass is 10.0. The third kappa shape index (κ3) is 3.89. The van der Waals surface area contributed by atoms with Gasteiger partial charge in [0, 0.05) is 18.0 Å². The van der Waals surface area contributed by atoms with E-state index < -0.39 is 5.91 Å². The highest BCUT2D eigenvalue weighted by atomic mass is 16.5. The van der Waals surface area contributed by atoms with Crippen LogP contribution in [0, 0.1) is 0 Å². The van der Waals surface area contributed by atoms with Crippen LogP contribution in [0.1, 0.15) is 10.4 Å². The summed E-state index contributed by atoms with van der Waals surface area (Å²) in [5.41, 5.74) is 1.98. The third-order valence-corrected chi connectivity index (χ3v) is 5.53. The van der Waals surface area contributed by atoms with Gasteiger partial charge >= 0.3 is 0 Å². The number of pyridine rings is 1. The van der Waals surface area contributed by atoms with Crippen molar-refractivity contribution in [1.29, 1.82) is 0 Å². The highest BCUT2D eigenvalue weighted by Crippen LogP contribution is 2.38. The van der Waals surface area contributed by atoms with Gasteiger partial charge in [0.1, 0.15) is 5.82 Å². The molecule has 0 unspecified atom stereocenters. The number of methoxy groups -OCH3 is 3. The number of rotatable bonds is 6. The fourth-order valence-electron chi connectivity index (χ4n) is 3.90. The van der Waals surface area contributed by atoms with E-state index in [-0.39, 0.29) is 5.43 Å². The lowest BCUT2D eigenvalue weighted by Gasteiger charge is -2.19. The van der Waals surface area contributed by atoms with Crippen LogP contribution in [-0.2, 0) is 7.05 Å². The van der Waals surface area contributed by atoms with Crippen LogP contribution in [0.4, 0.5) is 5.82 Å². The standard InChI is InChI=1S/C26H24N2O5/c1-28-19-13-9-8-12-18(19)23(29)22(16-10-6-5-7-11-16)25(28)27-26(30)17-14-20(31-2)24(33-4)21(15-17)32-3/h5-15H,1-4H3,(H,27,30). The summed E-state index contributed by atoms with van der Waals surface area (Å²) in [6.07, 6.45) is 0. The molecule has 168 valence electrons. The van der Waals surface area contributed by atoms with E-state index in [2.05, 4.69) is 5.32 Å². The Kier molecular flexibility index (Phi) is 6.04. The Morgan fingerprint density at radius 3 is 2.06 bits per heavy atom. The second kappa shape index (κ2) is 9.08. The Hall–Kier alpha value is -4.26. The van der Waals surface area contributed by atoms with Gasteiger partial charge in [-0.15, -0.1) is 0 Å². The maximum Gasteiger partial charge on any atom is 0.257 e. The monoisotopic (exact) mass is 444 g/mol. The minimum Gasteiger partial charge on any atom is -0.493 e. The first-order valence-corrected chi connectivity index (χ1v) is 10.3. The minimum atomic E-state index is -0.420. The molecule has 0 aliphatic rings. The molecule has 1 heterocycles. The topological polar surface area (TPSA) is 78.8 Å². The Labute approximate surface area is 191 Å². The molecule has 0 radical (unpaired) electrons. The molecule has 7 nitrogen and oxygen atoms in total. The van der Waals surface area contributed by atoms with E-state index in [1.54, 1.807) is 18.2 Å². The summed E-state index contributed by atoms with van der Waals surface area (Å²) >= 11 is 0. The number of amides is 1. The second-order valence-electron chi connectivity index (χ2n) is 7.36. The van der Waals surface area contributed by atoms with Gasteiger partial charge in [-0.1, -0.05) is 42.5 Å². The van der Waals surface area contributed by atoms with Crippen molar-refractivity contribution in [2.45, 2.75) is 0 Å². The molecule has 0 fully saturated rings. The first-order valence-electron chi connectivity index (χ1n) is 10.3. The number of hydrogen-bond acceptors (Lipinski definition) is 5. The molecule has 0 saturated carbocycles. The smallest absolute Gasteiger partial charge is 0.257 e. The van der Waals surface area contributed by atoms with Crippen LogP contribution in [0.25, 0.3) is 22.0 Å². The van der Waals surface area contributed by atoms with Crippen molar-refractivity contribution >= 4 is 22.6 Å². The molecule has 4 aromatic rings. The number of ether oxygens (including phenoxy) is 3. The lowest BCUT2D eigenvalue weighted by Crippen LogP contribution is -2.21. The average molecular weight is 444 g/mol. The average Bonchev–Trinajstić information content (AvgIpc) is 2.86. The molecule has 33 heavy (non-hydrogen) atoms. The normalized spacial score (nSPS) is 10.7. The number of nitrogens with zero attached hydrogens (tertiary/aromatic N) is 1. The van der Waals surface area contributed by atoms with Gasteiger partial charge in [0.05, 0.1) is 32.4 Å². The van der Waals surface area contributed by atoms with Crippen LogP contribution in [0.3, 0.4) is 0 Å². The van der Waals surface area contributed by atoms with E-state index in [1.807, 2.05) is 60.1 Å². The number of hydrogen-bond donors (Lipinski definition) is 1. The fourth-order valence-corrected chi connectivity index (χ4v) is 3.90. The van der Waals surface area contributed by atoms with Crippen molar-refractivity contribution < 1.29 is 19.0 Å². The van der Waals surface area contributed by atoms with Gasteiger partial charge in [0.2, 0.25) is 5.75 Å². The number of nitrogens with one attached hydrogen (secondary N) is 1. The van der Waals surface area contributed by atoms with E-state index in [9.17, 15) is 9.59 Å². The minimum absolute atomic E-state index is 0.157. The Bertz CT molecular complexity index is 1370. The molecule has 3 aromatic carbocycles. The summed E-state index contributed by atoms with van der Waals surface area (Å²) in [5.74, 6) is 1.08. The van der Waals surface area contributed by atoms with Crippen LogP contribution in [0.15, 0.2) is 71.5 Å². The largest absolute Gasteiger partial charge is 0.493 e. The quantitative estimate of drug-likeness (QED) is 0.474. The number of fused-ring (bicyclic) bond motifs is 1. The zero-order chi connectivity index (χ0) is 23.5. The number of aryl methyl sites for hydroxylation is 1. The molecular weight excluding hydrogens is 420 g/mol. The van der Waals surface area contributed by atoms with Gasteiger partial charge in [-0.25, -0.2) is 0 Å². The van der Waals surface area contributed by atoms with Crippen LogP contribution < -0.4 is 25.0 Å². The molecule has 0 saturated heterocycles. The SMILES string of the molecule is COc1cc(C(=O)Nc2c(-c3ccccc3)c(=O)c3ccccc3n2C)cc(OC)c1OC. The van der Waals surface area contributed by atoms with Crippen LogP contribution in [-0.4, -0.2) is 31.8 Å². The van der Waals surface area contributed by atoms with Gasteiger partial charge in [0.15, 0.2) is 16.9 Å². The van der Waals surface area contributed by atoms with Crippen molar-refractivity contribution in [3.05, 3.63) is 82.5 Å². The fraction of sp³-hybridized carbons (Fsp3) is 0.154. The number of anilines is 1. The number of carbonyl (C=O) groups excluding carboxylic acids is 1. The van der Waals surface area contributed by atoms with E-state index >= 15 is 0 Å². The highest BCUT2D eigenvalue weighted by Gasteiger charge is 2.21. The van der Waals surface area contributed by atoms with Crippen molar-refractivity contribution in [3.8, 4) is 28.4 Å². The summed E-state index contributed by atoms with van der Waals surface area (Å²) < 4.78 is 17.9. The van der Waals surface area contributed by atoms with E-state index in [1.165, 1.54) is 21.3 Å². The molecule has 0 spiro atoms. The Morgan fingerprint density at radius 2 is 1.45 bits per heavy atom. The van der Waals surface area contributed by atoms with Gasteiger partial charge in [-0.3, -0.25) is 9.59 Å². The summed E-state index contributed by atoms with van der Waals surface area (Å²) in [5, 5.41) is 3.51. The highest BCUT2D eigenvalue weighted by molar-refractivity contribution is 6.07. The molecule has 4 rings (SSSR count). The van der Waals surface area contributed by atoms with E-state index in [0.29, 0.717) is 50.7 Å². The maximum atomic E-state index is 13.5. The molecule has 1 aromatic heterocycles. The summed E-state index contributed by atoms with van der Waals surface area (Å²) in [6.45, 7) is 0. The zero-order valence-electron chi connectivity index (χ0n) is 18.8. The molecule has 0 aliphatic carbocycles. The molecule has 0 bridgehead atoms. The third-order valence-electron chi connectivity index (χ3n) is 5.53. The summed E-state index contributed by atoms with van der Waals surface area (Å²) in [7, 11) is 6.29. The van der Waals surface area contributed by atoms with Crippen molar-refractivity contribution in [1.82, 2.24) is 4.57 Å². The number of carbonyl (C=O) groups is 1. The Balaban J connectivity index is 1.90. The van der Waals surface area contributed by atoms with Gasteiger partial charge in [-0.05, 0) is 29.8 Å². The first kappa shape index (κ1) is 22.0. The molecule has 0 atom stereocenters. The molecular formula is C26H24N2O5. The summed E-state index contributed by atoms with van der Waals surface area (Å²) in [4.78, 5) is 26.8. The number of benzene rings is 3. The van der Waals surface area contributed by atoms with Gasteiger partial charge in [0.25, 0.3) is 5.91 Å². The second-order valence-corrected chi connectivity index (χ2v) is 7.36. The molecule has 7 heteroatoms. The van der Waals surface area contributed by atoms with Crippen LogP contribution in [0.2, 0.25) is 0 Å². The zero-order valence-corrected chi connectivity index (χ0v) is 18.8. The number of aromatic nitrogens is 1. The van der Waals surface area contributed by atoms with Crippen molar-refractivity contribution in [2.24, 2.45) is 7.05 Å². The van der Waals surface area contributed by atoms with Crippen molar-refractivity contribution in [3.63, 3.8) is 0 Å². The van der Waals surface area contributed by atoms with Gasteiger partial charge < -0.3 is 24.1 Å². The van der Waals surface area contributed by atoms with E-state index in [4.69, 9.17) is 14.2 Å². The first-order chi connectivity index (χ1) is 16.0. The number of para-hydroxylation sites is 1. The van der Waals surface area contributed by atoms with E-state index in [0.717, 1.165) is 0 Å². The Morgan fingerprint density at radius 1 is 0.848 bits per heavy atom. The maximum absolute atomic E-state index is 13.5. The predicted molar refractivity (Wildman–Crippen MR) is 129 cm³/mol. The van der Waals surface area contributed by atoms with Gasteiger partial charge in [-0.2, -0.15) is 0 Å². The molecule has 1 N–H and O–H groups in total. The van der Waals surface area contributed by atoms with Crippen LogP contribution >= 0.6 is 0 Å². The summed E-state index contributed by atoms with van der Waals surface area (Å²) in [6, 6.07) is 19.7.